The Morgan fingerprint density at radius 2 is 1.87 bits per heavy atom. The molecule has 0 spiro atoms. The normalized spacial score (nSPS) is 11.2. The molecule has 0 saturated carbocycles. The molecule has 23 heavy (non-hydrogen) atoms. The maximum atomic E-state index is 9.78. The van der Waals surface area contributed by atoms with Crippen LogP contribution in [0.1, 0.15) is 12.5 Å². The largest absolute Gasteiger partial charge is 0.508 e. The van der Waals surface area contributed by atoms with E-state index < -0.39 is 0 Å². The van der Waals surface area contributed by atoms with Crippen molar-refractivity contribution in [1.82, 2.24) is 5.43 Å². The summed E-state index contributed by atoms with van der Waals surface area (Å²) in [6.45, 7) is 1.69. The molecule has 0 amide bonds. The molecular weight excluding hydrogens is 357 g/mol. The highest BCUT2D eigenvalue weighted by Crippen LogP contribution is 2.25. The second-order valence-electron chi connectivity index (χ2n) is 4.59. The van der Waals surface area contributed by atoms with Gasteiger partial charge in [0.25, 0.3) is 0 Å². The first-order chi connectivity index (χ1) is 10.9. The van der Waals surface area contributed by atoms with E-state index >= 15 is 0 Å². The average molecular weight is 370 g/mol. The maximum Gasteiger partial charge on any atom is 0.191 e. The third-order valence-corrected chi connectivity index (χ3v) is 3.63. The van der Waals surface area contributed by atoms with E-state index in [2.05, 4.69) is 15.8 Å². The fourth-order valence-electron chi connectivity index (χ4n) is 1.76. The molecule has 0 atom stereocenters. The Bertz CT molecular complexity index is 781. The van der Waals surface area contributed by atoms with E-state index in [-0.39, 0.29) is 16.6 Å². The third-order valence-electron chi connectivity index (χ3n) is 2.87. The summed E-state index contributed by atoms with van der Waals surface area (Å²) < 4.78 is 0. The predicted molar refractivity (Wildman–Crippen MR) is 97.8 cm³/mol. The van der Waals surface area contributed by atoms with E-state index in [1.165, 1.54) is 12.1 Å². The van der Waals surface area contributed by atoms with Crippen molar-refractivity contribution in [2.45, 2.75) is 6.92 Å². The number of anilines is 1. The second kappa shape index (κ2) is 7.50. The molecular formula is C15H13Cl2N3O2S. The van der Waals surface area contributed by atoms with Crippen molar-refractivity contribution < 1.29 is 10.2 Å². The van der Waals surface area contributed by atoms with Crippen molar-refractivity contribution in [3.63, 3.8) is 0 Å². The van der Waals surface area contributed by atoms with Gasteiger partial charge < -0.3 is 15.5 Å². The van der Waals surface area contributed by atoms with Gasteiger partial charge in [0.05, 0.1) is 16.4 Å². The van der Waals surface area contributed by atoms with Gasteiger partial charge in [-0.3, -0.25) is 5.43 Å². The van der Waals surface area contributed by atoms with Crippen molar-refractivity contribution in [1.29, 1.82) is 0 Å². The third kappa shape index (κ3) is 4.72. The van der Waals surface area contributed by atoms with E-state index in [4.69, 9.17) is 35.4 Å². The van der Waals surface area contributed by atoms with Gasteiger partial charge in [-0.25, -0.2) is 0 Å². The molecule has 0 bridgehead atoms. The van der Waals surface area contributed by atoms with Gasteiger partial charge in [-0.1, -0.05) is 23.2 Å². The summed E-state index contributed by atoms with van der Waals surface area (Å²) in [4.78, 5) is 0. The van der Waals surface area contributed by atoms with Gasteiger partial charge >= 0.3 is 0 Å². The van der Waals surface area contributed by atoms with Crippen molar-refractivity contribution in [2.24, 2.45) is 5.10 Å². The van der Waals surface area contributed by atoms with Gasteiger partial charge in [0.2, 0.25) is 0 Å². The van der Waals surface area contributed by atoms with Crippen LogP contribution in [0, 0.1) is 0 Å². The van der Waals surface area contributed by atoms with Gasteiger partial charge in [0.15, 0.2) is 5.11 Å². The van der Waals surface area contributed by atoms with Crippen LogP contribution in [0.25, 0.3) is 0 Å². The molecule has 4 N–H and O–H groups in total. The van der Waals surface area contributed by atoms with Crippen molar-refractivity contribution in [2.75, 3.05) is 5.32 Å². The summed E-state index contributed by atoms with van der Waals surface area (Å²) >= 11 is 17.1. The summed E-state index contributed by atoms with van der Waals surface area (Å²) in [5, 5.41) is 27.2. The van der Waals surface area contributed by atoms with Crippen LogP contribution in [-0.4, -0.2) is 21.0 Å². The van der Waals surface area contributed by atoms with Crippen molar-refractivity contribution in [3.8, 4) is 11.5 Å². The van der Waals surface area contributed by atoms with Crippen LogP contribution in [0.4, 0.5) is 5.69 Å². The minimum Gasteiger partial charge on any atom is -0.508 e. The Morgan fingerprint density at radius 3 is 2.57 bits per heavy atom. The number of aromatic hydroxyl groups is 2. The highest BCUT2D eigenvalue weighted by molar-refractivity contribution is 7.80. The predicted octanol–water partition coefficient (Wildman–Crippen LogP) is 4.12. The number of phenolic OH excluding ortho intramolecular Hbond substituents is 2. The number of thiocarbonyl (C=S) groups is 1. The number of nitrogens with one attached hydrogen (secondary N) is 2. The van der Waals surface area contributed by atoms with Crippen LogP contribution in [0.15, 0.2) is 41.5 Å². The first-order valence-electron chi connectivity index (χ1n) is 6.45. The molecule has 0 aliphatic heterocycles. The zero-order valence-corrected chi connectivity index (χ0v) is 14.3. The summed E-state index contributed by atoms with van der Waals surface area (Å²) in [6.07, 6.45) is 0. The molecule has 2 rings (SSSR count). The van der Waals surface area contributed by atoms with E-state index in [1.807, 2.05) is 0 Å². The summed E-state index contributed by atoms with van der Waals surface area (Å²) in [5.41, 5.74) is 4.16. The molecule has 0 fully saturated rings. The van der Waals surface area contributed by atoms with E-state index in [9.17, 15) is 10.2 Å². The zero-order valence-electron chi connectivity index (χ0n) is 12.0. The molecule has 0 aliphatic rings. The van der Waals surface area contributed by atoms with E-state index in [1.54, 1.807) is 31.2 Å². The summed E-state index contributed by atoms with van der Waals surface area (Å²) in [6, 6.07) is 9.20. The Labute approximate surface area is 148 Å². The Hall–Kier alpha value is -2.02. The molecule has 2 aromatic rings. The van der Waals surface area contributed by atoms with Gasteiger partial charge in [0.1, 0.15) is 11.5 Å². The standard InChI is InChI=1S/C15H13Cl2N3O2S/c1-8(11-4-3-10(21)7-14(11)22)19-20-15(23)18-13-6-9(16)2-5-12(13)17/h2-7,21-22H,1H3,(H2,18,20,23). The summed E-state index contributed by atoms with van der Waals surface area (Å²) in [5.74, 6) is -0.107. The lowest BCUT2D eigenvalue weighted by Gasteiger charge is -2.10. The lowest BCUT2D eigenvalue weighted by molar-refractivity contribution is 0.450. The van der Waals surface area contributed by atoms with Crippen LogP contribution >= 0.6 is 35.4 Å². The van der Waals surface area contributed by atoms with Crippen LogP contribution < -0.4 is 10.7 Å². The van der Waals surface area contributed by atoms with E-state index in [0.717, 1.165) is 0 Å². The minimum atomic E-state index is -0.0789. The number of hydrogen-bond donors (Lipinski definition) is 4. The van der Waals surface area contributed by atoms with E-state index in [0.29, 0.717) is 27.0 Å². The van der Waals surface area contributed by atoms with Gasteiger partial charge in [0, 0.05) is 16.7 Å². The highest BCUT2D eigenvalue weighted by atomic mass is 35.5. The molecule has 8 heteroatoms. The SMILES string of the molecule is CC(=NNC(=S)Nc1cc(Cl)ccc1Cl)c1ccc(O)cc1O. The minimum absolute atomic E-state index is 0.0280. The summed E-state index contributed by atoms with van der Waals surface area (Å²) in [7, 11) is 0. The smallest absolute Gasteiger partial charge is 0.191 e. The van der Waals surface area contributed by atoms with Gasteiger partial charge in [-0.15, -0.1) is 0 Å². The highest BCUT2D eigenvalue weighted by Gasteiger charge is 2.07. The number of benzene rings is 2. The Kier molecular flexibility index (Phi) is 5.65. The zero-order chi connectivity index (χ0) is 17.0. The van der Waals surface area contributed by atoms with Gasteiger partial charge in [-0.2, -0.15) is 5.10 Å². The lowest BCUT2D eigenvalue weighted by atomic mass is 10.1. The van der Waals surface area contributed by atoms with Crippen molar-refractivity contribution >= 4 is 51.9 Å². The molecule has 0 aliphatic carbocycles. The number of hydrogen-bond acceptors (Lipinski definition) is 4. The number of halogens is 2. The fourth-order valence-corrected chi connectivity index (χ4v) is 2.26. The van der Waals surface area contributed by atoms with Crippen molar-refractivity contribution in [3.05, 3.63) is 52.0 Å². The maximum absolute atomic E-state index is 9.78. The van der Waals surface area contributed by atoms with Crippen LogP contribution in [0.3, 0.4) is 0 Å². The fraction of sp³-hybridized carbons (Fsp3) is 0.0667. The average Bonchev–Trinajstić information content (AvgIpc) is 2.48. The topological polar surface area (TPSA) is 76.9 Å². The first kappa shape index (κ1) is 17.3. The lowest BCUT2D eigenvalue weighted by Crippen LogP contribution is -2.25. The monoisotopic (exact) mass is 369 g/mol. The molecule has 0 heterocycles. The van der Waals surface area contributed by atoms with Crippen LogP contribution in [0.2, 0.25) is 10.0 Å². The van der Waals surface area contributed by atoms with Crippen LogP contribution in [0.5, 0.6) is 11.5 Å². The molecule has 0 radical (unpaired) electrons. The Balaban J connectivity index is 2.06. The number of nitrogens with zero attached hydrogens (tertiary/aromatic N) is 1. The molecule has 0 saturated heterocycles. The molecule has 120 valence electrons. The molecule has 5 nitrogen and oxygen atoms in total. The second-order valence-corrected chi connectivity index (χ2v) is 5.84. The number of hydrazone groups is 1. The Morgan fingerprint density at radius 1 is 1.13 bits per heavy atom. The molecule has 2 aromatic carbocycles. The quantitative estimate of drug-likeness (QED) is 0.372. The number of phenols is 2. The number of rotatable bonds is 3. The van der Waals surface area contributed by atoms with Crippen LogP contribution in [-0.2, 0) is 0 Å². The van der Waals surface area contributed by atoms with Gasteiger partial charge in [-0.05, 0) is 49.5 Å². The first-order valence-corrected chi connectivity index (χ1v) is 7.62. The molecule has 0 unspecified atom stereocenters. The molecule has 0 aromatic heterocycles.